The lowest BCUT2D eigenvalue weighted by atomic mass is 10.1. The number of ether oxygens (including phenoxy) is 2. The summed E-state index contributed by atoms with van der Waals surface area (Å²) in [4.78, 5) is 11.5. The summed E-state index contributed by atoms with van der Waals surface area (Å²) in [5.41, 5.74) is 8.46. The highest BCUT2D eigenvalue weighted by Gasteiger charge is 2.06. The minimum atomic E-state index is -0.144. The van der Waals surface area contributed by atoms with Crippen molar-refractivity contribution in [2.75, 3.05) is 32.6 Å². The summed E-state index contributed by atoms with van der Waals surface area (Å²) < 4.78 is 10.4. The van der Waals surface area contributed by atoms with E-state index in [0.717, 1.165) is 17.5 Å². The molecule has 5 heteroatoms. The van der Waals surface area contributed by atoms with Gasteiger partial charge in [-0.05, 0) is 31.4 Å². The fourth-order valence-electron chi connectivity index (χ4n) is 1.64. The first-order valence-corrected chi connectivity index (χ1v) is 6.29. The number of rotatable bonds is 7. The molecule has 0 aromatic heterocycles. The van der Waals surface area contributed by atoms with Gasteiger partial charge in [0.1, 0.15) is 5.75 Å². The second-order valence-electron chi connectivity index (χ2n) is 4.46. The number of aryl methyl sites for hydroxylation is 2. The van der Waals surface area contributed by atoms with Gasteiger partial charge in [-0.15, -0.1) is 0 Å². The van der Waals surface area contributed by atoms with Crippen molar-refractivity contribution in [3.8, 4) is 5.75 Å². The Bertz CT molecular complexity index is 433. The molecule has 0 fully saturated rings. The highest BCUT2D eigenvalue weighted by Crippen LogP contribution is 2.24. The van der Waals surface area contributed by atoms with Crippen LogP contribution in [0, 0.1) is 13.8 Å². The summed E-state index contributed by atoms with van der Waals surface area (Å²) in [7, 11) is 1.63. The van der Waals surface area contributed by atoms with Crippen molar-refractivity contribution in [2.45, 2.75) is 20.3 Å². The zero-order chi connectivity index (χ0) is 14.3. The van der Waals surface area contributed by atoms with E-state index in [4.69, 9.17) is 15.2 Å². The fraction of sp³-hybridized carbons (Fsp3) is 0.500. The van der Waals surface area contributed by atoms with Gasteiger partial charge in [-0.2, -0.15) is 0 Å². The molecular weight excluding hydrogens is 244 g/mol. The quantitative estimate of drug-likeness (QED) is 0.578. The summed E-state index contributed by atoms with van der Waals surface area (Å²) in [6.07, 6.45) is 0.790. The second kappa shape index (κ2) is 7.63. The van der Waals surface area contributed by atoms with Gasteiger partial charge in [0.05, 0.1) is 0 Å². The average molecular weight is 266 g/mol. The first-order chi connectivity index (χ1) is 9.04. The smallest absolute Gasteiger partial charge is 0.257 e. The Labute approximate surface area is 114 Å². The Morgan fingerprint density at radius 2 is 2.05 bits per heavy atom. The lowest BCUT2D eigenvalue weighted by Crippen LogP contribution is -2.30. The van der Waals surface area contributed by atoms with Gasteiger partial charge in [-0.1, -0.05) is 6.07 Å². The fourth-order valence-corrected chi connectivity index (χ4v) is 1.64. The van der Waals surface area contributed by atoms with E-state index in [1.165, 1.54) is 0 Å². The number of carbonyl (C=O) groups excluding carboxylic acids is 1. The number of methoxy groups -OCH3 is 1. The molecule has 1 rings (SSSR count). The lowest BCUT2D eigenvalue weighted by Gasteiger charge is -2.11. The highest BCUT2D eigenvalue weighted by atomic mass is 16.5. The third-order valence-electron chi connectivity index (χ3n) is 2.77. The maximum atomic E-state index is 11.5. The Hall–Kier alpha value is -1.75. The van der Waals surface area contributed by atoms with Crippen molar-refractivity contribution in [2.24, 2.45) is 0 Å². The van der Waals surface area contributed by atoms with E-state index in [0.29, 0.717) is 24.6 Å². The summed E-state index contributed by atoms with van der Waals surface area (Å²) >= 11 is 0. The molecule has 0 saturated carbocycles. The van der Waals surface area contributed by atoms with E-state index in [-0.39, 0.29) is 12.5 Å². The van der Waals surface area contributed by atoms with Crippen LogP contribution in [0.2, 0.25) is 0 Å². The Morgan fingerprint density at radius 1 is 1.32 bits per heavy atom. The summed E-state index contributed by atoms with van der Waals surface area (Å²) in [6, 6.07) is 3.70. The van der Waals surface area contributed by atoms with E-state index in [1.807, 2.05) is 19.9 Å². The molecule has 3 N–H and O–H groups in total. The van der Waals surface area contributed by atoms with Gasteiger partial charge >= 0.3 is 0 Å². The topological polar surface area (TPSA) is 73.6 Å². The average Bonchev–Trinajstić information content (AvgIpc) is 2.37. The van der Waals surface area contributed by atoms with E-state index in [1.54, 1.807) is 13.2 Å². The first kappa shape index (κ1) is 15.3. The van der Waals surface area contributed by atoms with Crippen LogP contribution in [0.5, 0.6) is 5.75 Å². The largest absolute Gasteiger partial charge is 0.483 e. The monoisotopic (exact) mass is 266 g/mol. The molecule has 0 heterocycles. The molecule has 0 unspecified atom stereocenters. The van der Waals surface area contributed by atoms with Crippen LogP contribution in [0.4, 0.5) is 5.69 Å². The van der Waals surface area contributed by atoms with Gasteiger partial charge in [0.2, 0.25) is 0 Å². The molecule has 0 aliphatic heterocycles. The van der Waals surface area contributed by atoms with Gasteiger partial charge in [-0.3, -0.25) is 4.79 Å². The number of anilines is 1. The molecule has 0 radical (unpaired) electrons. The number of hydrogen-bond acceptors (Lipinski definition) is 4. The Morgan fingerprint density at radius 3 is 2.74 bits per heavy atom. The van der Waals surface area contributed by atoms with Crippen LogP contribution in [0.3, 0.4) is 0 Å². The van der Waals surface area contributed by atoms with Gasteiger partial charge in [-0.25, -0.2) is 0 Å². The van der Waals surface area contributed by atoms with Gasteiger partial charge in [0.25, 0.3) is 5.91 Å². The summed E-state index contributed by atoms with van der Waals surface area (Å²) in [5, 5.41) is 2.76. The number of benzene rings is 1. The van der Waals surface area contributed by atoms with E-state index in [2.05, 4.69) is 5.32 Å². The maximum absolute atomic E-state index is 11.5. The molecule has 0 aliphatic rings. The van der Waals surface area contributed by atoms with E-state index in [9.17, 15) is 4.79 Å². The molecule has 1 aromatic carbocycles. The molecule has 0 bridgehead atoms. The van der Waals surface area contributed by atoms with Crippen LogP contribution >= 0.6 is 0 Å². The maximum Gasteiger partial charge on any atom is 0.257 e. The van der Waals surface area contributed by atoms with Crippen LogP contribution in [-0.2, 0) is 9.53 Å². The number of nitrogen functional groups attached to an aromatic ring is 1. The predicted octanol–water partition coefficient (Wildman–Crippen LogP) is 1.42. The zero-order valence-electron chi connectivity index (χ0n) is 11.8. The number of nitrogens with two attached hydrogens (primary N) is 1. The van der Waals surface area contributed by atoms with Crippen molar-refractivity contribution in [3.05, 3.63) is 23.3 Å². The van der Waals surface area contributed by atoms with Crippen molar-refractivity contribution < 1.29 is 14.3 Å². The van der Waals surface area contributed by atoms with Crippen molar-refractivity contribution in [1.29, 1.82) is 0 Å². The first-order valence-electron chi connectivity index (χ1n) is 6.29. The molecule has 1 aromatic rings. The molecule has 0 saturated heterocycles. The van der Waals surface area contributed by atoms with E-state index >= 15 is 0 Å². The third kappa shape index (κ3) is 5.18. The Kier molecular flexibility index (Phi) is 6.15. The summed E-state index contributed by atoms with van der Waals surface area (Å²) in [5.74, 6) is 0.504. The second-order valence-corrected chi connectivity index (χ2v) is 4.46. The molecular formula is C14H22N2O3. The number of amides is 1. The van der Waals surface area contributed by atoms with Crippen molar-refractivity contribution >= 4 is 11.6 Å². The predicted molar refractivity (Wildman–Crippen MR) is 75.3 cm³/mol. The third-order valence-corrected chi connectivity index (χ3v) is 2.77. The summed E-state index contributed by atoms with van der Waals surface area (Å²) in [6.45, 7) is 5.09. The van der Waals surface area contributed by atoms with Gasteiger partial charge < -0.3 is 20.5 Å². The van der Waals surface area contributed by atoms with Crippen LogP contribution in [0.1, 0.15) is 17.5 Å². The highest BCUT2D eigenvalue weighted by molar-refractivity contribution is 5.77. The van der Waals surface area contributed by atoms with Crippen molar-refractivity contribution in [3.63, 3.8) is 0 Å². The molecule has 106 valence electrons. The minimum absolute atomic E-state index is 0.00365. The van der Waals surface area contributed by atoms with E-state index < -0.39 is 0 Å². The number of carbonyl (C=O) groups is 1. The molecule has 0 spiro atoms. The molecule has 19 heavy (non-hydrogen) atoms. The zero-order valence-corrected chi connectivity index (χ0v) is 11.8. The molecule has 5 nitrogen and oxygen atoms in total. The van der Waals surface area contributed by atoms with Crippen molar-refractivity contribution in [1.82, 2.24) is 5.32 Å². The normalized spacial score (nSPS) is 10.3. The number of hydrogen-bond donors (Lipinski definition) is 2. The van der Waals surface area contributed by atoms with Gasteiger partial charge in [0, 0.05) is 32.0 Å². The molecule has 1 amide bonds. The van der Waals surface area contributed by atoms with Gasteiger partial charge in [0.15, 0.2) is 6.61 Å². The van der Waals surface area contributed by atoms with Crippen LogP contribution in [-0.4, -0.2) is 32.8 Å². The van der Waals surface area contributed by atoms with Crippen LogP contribution < -0.4 is 15.8 Å². The Balaban J connectivity index is 2.40. The molecule has 0 aliphatic carbocycles. The lowest BCUT2D eigenvalue weighted by molar-refractivity contribution is -0.123. The van der Waals surface area contributed by atoms with Crippen LogP contribution in [0.15, 0.2) is 12.1 Å². The van der Waals surface area contributed by atoms with Crippen LogP contribution in [0.25, 0.3) is 0 Å². The number of nitrogens with one attached hydrogen (secondary N) is 1. The minimum Gasteiger partial charge on any atom is -0.483 e. The SMILES string of the molecule is COCCCNC(=O)COc1cc(N)c(C)cc1C. The molecule has 0 atom stereocenters. The standard InChI is InChI=1S/C14H22N2O3/c1-10-7-11(2)13(8-12(10)15)19-9-14(17)16-5-4-6-18-3/h7-8H,4-6,9,15H2,1-3H3,(H,16,17).